The number of hydrogen-bond acceptors (Lipinski definition) is 4. The van der Waals surface area contributed by atoms with Gasteiger partial charge in [0.15, 0.2) is 0 Å². The zero-order valence-electron chi connectivity index (χ0n) is 8.48. The van der Waals surface area contributed by atoms with Gasteiger partial charge in [0, 0.05) is 27.8 Å². The summed E-state index contributed by atoms with van der Waals surface area (Å²) in [4.78, 5) is 15.7. The van der Waals surface area contributed by atoms with Gasteiger partial charge in [-0.2, -0.15) is 5.10 Å². The fourth-order valence-electron chi connectivity index (χ4n) is 1.64. The third kappa shape index (κ3) is 1.69. The molecule has 0 spiro atoms. The number of halogens is 1. The smallest absolute Gasteiger partial charge is 0.267 e. The number of nitrogens with one attached hydrogen (secondary N) is 1. The number of fused-ring (bicyclic) bond motifs is 1. The van der Waals surface area contributed by atoms with Crippen molar-refractivity contribution in [2.45, 2.75) is 0 Å². The topological polar surface area (TPSA) is 58.6 Å². The molecule has 0 fully saturated rings. The van der Waals surface area contributed by atoms with Gasteiger partial charge in [0.2, 0.25) is 0 Å². The van der Waals surface area contributed by atoms with E-state index in [-0.39, 0.29) is 5.56 Å². The first-order valence-corrected chi connectivity index (χ1v) is 6.50. The molecule has 3 aromatic heterocycles. The fraction of sp³-hybridized carbons (Fsp3) is 0. The van der Waals surface area contributed by atoms with E-state index in [0.717, 1.165) is 20.4 Å². The maximum atomic E-state index is 11.7. The van der Waals surface area contributed by atoms with Gasteiger partial charge in [-0.3, -0.25) is 9.78 Å². The highest BCUT2D eigenvalue weighted by atomic mass is 79.9. The van der Waals surface area contributed by atoms with E-state index in [1.54, 1.807) is 12.4 Å². The molecular weight excluding hydrogens is 302 g/mol. The first kappa shape index (κ1) is 10.6. The lowest BCUT2D eigenvalue weighted by atomic mass is 10.2. The van der Waals surface area contributed by atoms with E-state index >= 15 is 0 Å². The van der Waals surface area contributed by atoms with Gasteiger partial charge in [0.1, 0.15) is 5.69 Å². The van der Waals surface area contributed by atoms with E-state index in [2.05, 4.69) is 31.1 Å². The molecule has 3 rings (SSSR count). The second kappa shape index (κ2) is 4.05. The Balaban J connectivity index is 2.40. The van der Waals surface area contributed by atoms with Crippen LogP contribution in [0.2, 0.25) is 0 Å². The summed E-state index contributed by atoms with van der Waals surface area (Å²) in [7, 11) is 0. The summed E-state index contributed by atoms with van der Waals surface area (Å²) in [5, 5.41) is 9.18. The number of rotatable bonds is 1. The minimum Gasteiger partial charge on any atom is -0.267 e. The maximum Gasteiger partial charge on any atom is 0.274 e. The van der Waals surface area contributed by atoms with Gasteiger partial charge >= 0.3 is 0 Å². The molecule has 0 bridgehead atoms. The Kier molecular flexibility index (Phi) is 2.53. The van der Waals surface area contributed by atoms with Crippen LogP contribution in [-0.2, 0) is 0 Å². The maximum absolute atomic E-state index is 11.7. The predicted octanol–water partition coefficient (Wildman–Crippen LogP) is 2.81. The van der Waals surface area contributed by atoms with Crippen LogP contribution < -0.4 is 5.56 Å². The average molecular weight is 308 g/mol. The highest BCUT2D eigenvalue weighted by molar-refractivity contribution is 9.10. The molecule has 4 nitrogen and oxygen atoms in total. The first-order valence-electron chi connectivity index (χ1n) is 4.83. The van der Waals surface area contributed by atoms with E-state index in [9.17, 15) is 4.79 Å². The lowest BCUT2D eigenvalue weighted by molar-refractivity contribution is 1.02. The summed E-state index contributed by atoms with van der Waals surface area (Å²) < 4.78 is 1.68. The van der Waals surface area contributed by atoms with Gasteiger partial charge in [-0.15, -0.1) is 11.3 Å². The summed E-state index contributed by atoms with van der Waals surface area (Å²) in [6.45, 7) is 0. The van der Waals surface area contributed by atoms with Gasteiger partial charge in [-0.25, -0.2) is 5.10 Å². The summed E-state index contributed by atoms with van der Waals surface area (Å²) in [6, 6.07) is 3.74. The normalized spacial score (nSPS) is 10.9. The Morgan fingerprint density at radius 3 is 2.82 bits per heavy atom. The number of aromatic nitrogens is 3. The van der Waals surface area contributed by atoms with Gasteiger partial charge in [-0.1, -0.05) is 0 Å². The molecule has 3 aromatic rings. The zero-order chi connectivity index (χ0) is 11.8. The summed E-state index contributed by atoms with van der Waals surface area (Å²) in [6.07, 6.45) is 3.41. The molecule has 6 heteroatoms. The third-order valence-electron chi connectivity index (χ3n) is 2.41. The number of H-pyrrole nitrogens is 1. The largest absolute Gasteiger partial charge is 0.274 e. The van der Waals surface area contributed by atoms with Crippen LogP contribution in [0.15, 0.2) is 39.2 Å². The molecule has 0 aliphatic carbocycles. The predicted molar refractivity (Wildman–Crippen MR) is 71.2 cm³/mol. The van der Waals surface area contributed by atoms with Crippen LogP contribution >= 0.6 is 27.3 Å². The van der Waals surface area contributed by atoms with Crippen molar-refractivity contribution in [3.63, 3.8) is 0 Å². The number of thiophene rings is 1. The molecule has 0 atom stereocenters. The minimum absolute atomic E-state index is 0.175. The number of aromatic amines is 1. The van der Waals surface area contributed by atoms with Crippen LogP contribution in [0, 0.1) is 0 Å². The van der Waals surface area contributed by atoms with Crippen LogP contribution in [0.4, 0.5) is 0 Å². The van der Waals surface area contributed by atoms with Crippen molar-refractivity contribution in [3.05, 3.63) is 44.7 Å². The van der Waals surface area contributed by atoms with Crippen LogP contribution in [0.3, 0.4) is 0 Å². The molecule has 0 amide bonds. The van der Waals surface area contributed by atoms with Crippen molar-refractivity contribution in [2.75, 3.05) is 0 Å². The lowest BCUT2D eigenvalue weighted by Crippen LogP contribution is -2.08. The van der Waals surface area contributed by atoms with Crippen molar-refractivity contribution >= 4 is 37.4 Å². The third-order valence-corrected chi connectivity index (χ3v) is 4.33. The second-order valence-electron chi connectivity index (χ2n) is 3.42. The van der Waals surface area contributed by atoms with Crippen LogP contribution in [0.1, 0.15) is 0 Å². The second-order valence-corrected chi connectivity index (χ2v) is 5.16. The van der Waals surface area contributed by atoms with Gasteiger partial charge in [-0.05, 0) is 28.1 Å². The van der Waals surface area contributed by atoms with E-state index in [1.807, 2.05) is 17.5 Å². The Morgan fingerprint density at radius 2 is 2.06 bits per heavy atom. The van der Waals surface area contributed by atoms with E-state index in [4.69, 9.17) is 0 Å². The molecular formula is C11H6BrN3OS. The van der Waals surface area contributed by atoms with E-state index < -0.39 is 0 Å². The molecule has 0 aliphatic rings. The van der Waals surface area contributed by atoms with Crippen LogP contribution in [-0.4, -0.2) is 15.2 Å². The lowest BCUT2D eigenvalue weighted by Gasteiger charge is -2.00. The minimum atomic E-state index is -0.175. The van der Waals surface area contributed by atoms with Gasteiger partial charge < -0.3 is 0 Å². The summed E-state index contributed by atoms with van der Waals surface area (Å²) in [5.74, 6) is 0. The first-order chi connectivity index (χ1) is 8.27. The average Bonchev–Trinajstić information content (AvgIpc) is 2.74. The molecule has 0 saturated carbocycles. The van der Waals surface area contributed by atoms with Crippen molar-refractivity contribution in [2.24, 2.45) is 0 Å². The Morgan fingerprint density at radius 1 is 1.29 bits per heavy atom. The molecule has 3 heterocycles. The van der Waals surface area contributed by atoms with Crippen molar-refractivity contribution in [1.29, 1.82) is 0 Å². The van der Waals surface area contributed by atoms with Gasteiger partial charge in [0.05, 0.1) is 10.1 Å². The summed E-state index contributed by atoms with van der Waals surface area (Å²) in [5.41, 5.74) is 1.54. The van der Waals surface area contributed by atoms with Crippen molar-refractivity contribution in [1.82, 2.24) is 15.2 Å². The quantitative estimate of drug-likeness (QED) is 0.752. The fourth-order valence-corrected chi connectivity index (χ4v) is 3.37. The SMILES string of the molecule is O=c1[nH]nc(-c2ccncc2)c2scc(Br)c12. The molecule has 84 valence electrons. The molecule has 0 aromatic carbocycles. The monoisotopic (exact) mass is 307 g/mol. The van der Waals surface area contributed by atoms with Crippen LogP contribution in [0.25, 0.3) is 21.3 Å². The number of nitrogens with zero attached hydrogens (tertiary/aromatic N) is 2. The zero-order valence-corrected chi connectivity index (χ0v) is 10.9. The Hall–Kier alpha value is -1.53. The molecule has 17 heavy (non-hydrogen) atoms. The number of hydrogen-bond donors (Lipinski definition) is 1. The van der Waals surface area contributed by atoms with E-state index in [1.165, 1.54) is 11.3 Å². The molecule has 0 unspecified atom stereocenters. The highest BCUT2D eigenvalue weighted by Gasteiger charge is 2.12. The molecule has 0 saturated heterocycles. The van der Waals surface area contributed by atoms with Crippen molar-refractivity contribution < 1.29 is 0 Å². The van der Waals surface area contributed by atoms with E-state index in [0.29, 0.717) is 5.39 Å². The Bertz CT molecular complexity index is 735. The standard InChI is InChI=1S/C11H6BrN3OS/c12-7-5-17-10-8(7)11(16)15-14-9(10)6-1-3-13-4-2-6/h1-5H,(H,15,16). The van der Waals surface area contributed by atoms with Gasteiger partial charge in [0.25, 0.3) is 5.56 Å². The molecule has 0 radical (unpaired) electrons. The number of pyridine rings is 1. The van der Waals surface area contributed by atoms with Crippen LogP contribution in [0.5, 0.6) is 0 Å². The molecule has 0 aliphatic heterocycles. The summed E-state index contributed by atoms with van der Waals surface area (Å²) >= 11 is 4.87. The van der Waals surface area contributed by atoms with Crippen molar-refractivity contribution in [3.8, 4) is 11.3 Å². The highest BCUT2D eigenvalue weighted by Crippen LogP contribution is 2.33. The Labute approximate surface area is 108 Å². The molecule has 1 N–H and O–H groups in total.